The Kier molecular flexibility index (Phi) is 4.66. The minimum Gasteiger partial charge on any atom is -0.487 e. The van der Waals surface area contributed by atoms with Crippen LogP contribution < -0.4 is 10.5 Å². The van der Waals surface area contributed by atoms with Gasteiger partial charge in [0.2, 0.25) is 0 Å². The van der Waals surface area contributed by atoms with Crippen molar-refractivity contribution in [3.05, 3.63) is 29.6 Å². The Morgan fingerprint density at radius 3 is 2.68 bits per heavy atom. The van der Waals surface area contributed by atoms with E-state index in [1.807, 2.05) is 0 Å². The Bertz CT molecular complexity index is 519. The van der Waals surface area contributed by atoms with Gasteiger partial charge in [0.15, 0.2) is 11.6 Å². The van der Waals surface area contributed by atoms with Gasteiger partial charge in [0, 0.05) is 12.6 Å². The number of ether oxygens (including phenoxy) is 1. The van der Waals surface area contributed by atoms with E-state index in [4.69, 9.17) is 10.5 Å². The highest BCUT2D eigenvalue weighted by Crippen LogP contribution is 2.35. The number of hydrogen-bond donors (Lipinski definition) is 2. The van der Waals surface area contributed by atoms with Crippen LogP contribution in [0, 0.1) is 11.7 Å². The smallest absolute Gasteiger partial charge is 0.165 e. The molecule has 0 bridgehead atoms. The number of aliphatic hydroxyl groups excluding tert-OH is 1. The van der Waals surface area contributed by atoms with Crippen molar-refractivity contribution in [3.63, 3.8) is 0 Å². The van der Waals surface area contributed by atoms with Gasteiger partial charge in [0.05, 0.1) is 6.10 Å². The third-order valence-corrected chi connectivity index (χ3v) is 4.68. The summed E-state index contributed by atoms with van der Waals surface area (Å²) in [4.78, 5) is 2.25. The fourth-order valence-electron chi connectivity index (χ4n) is 3.02. The summed E-state index contributed by atoms with van der Waals surface area (Å²) < 4.78 is 19.7. The third-order valence-electron chi connectivity index (χ3n) is 4.68. The molecule has 0 aromatic heterocycles. The lowest BCUT2D eigenvalue weighted by atomic mass is 10.0. The van der Waals surface area contributed by atoms with E-state index < -0.39 is 18.0 Å². The van der Waals surface area contributed by atoms with Gasteiger partial charge in [0.1, 0.15) is 6.10 Å². The first kappa shape index (κ1) is 15.7. The van der Waals surface area contributed by atoms with E-state index in [1.165, 1.54) is 18.9 Å². The fraction of sp³-hybridized carbons (Fsp3) is 0.647. The molecular weight excluding hydrogens is 283 g/mol. The molecule has 3 N–H and O–H groups in total. The van der Waals surface area contributed by atoms with E-state index in [2.05, 4.69) is 11.8 Å². The van der Waals surface area contributed by atoms with E-state index in [0.29, 0.717) is 18.0 Å². The van der Waals surface area contributed by atoms with Crippen LogP contribution in [-0.4, -0.2) is 41.8 Å². The monoisotopic (exact) mass is 308 g/mol. The van der Waals surface area contributed by atoms with Crippen molar-refractivity contribution in [1.29, 1.82) is 0 Å². The van der Waals surface area contributed by atoms with Crippen LogP contribution in [0.4, 0.5) is 4.39 Å². The van der Waals surface area contributed by atoms with Gasteiger partial charge in [-0.15, -0.1) is 0 Å². The molecule has 1 heterocycles. The Hall–Kier alpha value is -1.17. The number of hydrogen-bond acceptors (Lipinski definition) is 4. The second kappa shape index (κ2) is 6.52. The summed E-state index contributed by atoms with van der Waals surface area (Å²) in [5.41, 5.74) is 6.60. The predicted molar refractivity (Wildman–Crippen MR) is 83.2 cm³/mol. The number of aliphatic hydroxyl groups is 1. The molecule has 4 nitrogen and oxygen atoms in total. The maximum absolute atomic E-state index is 14.1. The molecule has 5 heteroatoms. The molecule has 1 aromatic rings. The number of rotatable bonds is 6. The summed E-state index contributed by atoms with van der Waals surface area (Å²) in [6.07, 6.45) is 2.61. The Balaban J connectivity index is 1.61. The van der Waals surface area contributed by atoms with Crippen molar-refractivity contribution in [3.8, 4) is 5.75 Å². The summed E-state index contributed by atoms with van der Waals surface area (Å²) in [6, 6.07) is 4.24. The van der Waals surface area contributed by atoms with Crippen LogP contribution in [-0.2, 0) is 0 Å². The van der Waals surface area contributed by atoms with Gasteiger partial charge in [-0.3, -0.25) is 0 Å². The van der Waals surface area contributed by atoms with Gasteiger partial charge in [-0.25, -0.2) is 4.39 Å². The second-order valence-corrected chi connectivity index (χ2v) is 6.68. The van der Waals surface area contributed by atoms with Gasteiger partial charge < -0.3 is 20.5 Å². The lowest BCUT2D eigenvalue weighted by molar-refractivity contribution is 0.125. The van der Waals surface area contributed by atoms with Gasteiger partial charge in [-0.1, -0.05) is 13.0 Å². The standard InChI is InChI=1S/C17H25FN2O2/c1-11-8-16(11)22-15-5-4-12(9-13(15)18)17(21)14(19)10-20-6-2-3-7-20/h4-5,9,11,14,16-17,21H,2-3,6-8,10,19H2,1H3/t11?,14-,16?,17-/m1/s1. The maximum atomic E-state index is 14.1. The molecule has 122 valence electrons. The highest BCUT2D eigenvalue weighted by atomic mass is 19.1. The Morgan fingerprint density at radius 1 is 1.41 bits per heavy atom. The average Bonchev–Trinajstić information content (AvgIpc) is 2.97. The Morgan fingerprint density at radius 2 is 2.09 bits per heavy atom. The molecule has 22 heavy (non-hydrogen) atoms. The Labute approximate surface area is 131 Å². The number of likely N-dealkylation sites (tertiary alicyclic amines) is 1. The second-order valence-electron chi connectivity index (χ2n) is 6.68. The van der Waals surface area contributed by atoms with Crippen molar-refractivity contribution in [2.75, 3.05) is 19.6 Å². The van der Waals surface area contributed by atoms with Gasteiger partial charge in [0.25, 0.3) is 0 Å². The largest absolute Gasteiger partial charge is 0.487 e. The molecule has 2 unspecified atom stereocenters. The highest BCUT2D eigenvalue weighted by molar-refractivity contribution is 5.31. The topological polar surface area (TPSA) is 58.7 Å². The number of nitrogens with two attached hydrogens (primary N) is 1. The molecule has 2 fully saturated rings. The van der Waals surface area contributed by atoms with E-state index in [9.17, 15) is 9.50 Å². The summed E-state index contributed by atoms with van der Waals surface area (Å²) in [6.45, 7) is 4.78. The SMILES string of the molecule is CC1CC1Oc1ccc([C@@H](O)[C@H](N)CN2CCCC2)cc1F. The molecular formula is C17H25FN2O2. The maximum Gasteiger partial charge on any atom is 0.165 e. The quantitative estimate of drug-likeness (QED) is 0.844. The third kappa shape index (κ3) is 3.59. The van der Waals surface area contributed by atoms with Crippen LogP contribution in [0.3, 0.4) is 0 Å². The first-order valence-corrected chi connectivity index (χ1v) is 8.16. The zero-order valence-electron chi connectivity index (χ0n) is 13.0. The molecule has 1 aliphatic heterocycles. The molecule has 4 atom stereocenters. The molecule has 1 aliphatic carbocycles. The summed E-state index contributed by atoms with van der Waals surface area (Å²) in [5, 5.41) is 10.3. The van der Waals surface area contributed by atoms with Crippen molar-refractivity contribution < 1.29 is 14.2 Å². The molecule has 2 aliphatic rings. The molecule has 1 saturated carbocycles. The molecule has 0 amide bonds. The first-order chi connectivity index (χ1) is 10.5. The van der Waals surface area contributed by atoms with Crippen LogP contribution in [0.2, 0.25) is 0 Å². The zero-order valence-corrected chi connectivity index (χ0v) is 13.0. The molecule has 0 radical (unpaired) electrons. The van der Waals surface area contributed by atoms with Gasteiger partial charge in [-0.05, 0) is 56.0 Å². The van der Waals surface area contributed by atoms with Gasteiger partial charge in [-0.2, -0.15) is 0 Å². The number of nitrogens with zero attached hydrogens (tertiary/aromatic N) is 1. The van der Waals surface area contributed by atoms with Crippen molar-refractivity contribution >= 4 is 0 Å². The number of benzene rings is 1. The van der Waals surface area contributed by atoms with Crippen LogP contribution in [0.15, 0.2) is 18.2 Å². The average molecular weight is 308 g/mol. The van der Waals surface area contributed by atoms with Crippen LogP contribution in [0.25, 0.3) is 0 Å². The molecule has 0 spiro atoms. The van der Waals surface area contributed by atoms with E-state index in [0.717, 1.165) is 19.5 Å². The summed E-state index contributed by atoms with van der Waals surface area (Å²) >= 11 is 0. The van der Waals surface area contributed by atoms with Gasteiger partial charge >= 0.3 is 0 Å². The van der Waals surface area contributed by atoms with Crippen LogP contribution in [0.1, 0.15) is 37.9 Å². The molecule has 1 saturated heterocycles. The van der Waals surface area contributed by atoms with Crippen molar-refractivity contribution in [2.45, 2.75) is 44.4 Å². The van der Waals surface area contributed by atoms with E-state index >= 15 is 0 Å². The normalized spacial score (nSPS) is 27.6. The zero-order chi connectivity index (χ0) is 15.7. The fourth-order valence-corrected chi connectivity index (χ4v) is 3.02. The first-order valence-electron chi connectivity index (χ1n) is 8.16. The lowest BCUT2D eigenvalue weighted by Crippen LogP contribution is -2.40. The minimum atomic E-state index is -0.857. The number of halogens is 1. The van der Waals surface area contributed by atoms with Crippen LogP contribution >= 0.6 is 0 Å². The summed E-state index contributed by atoms with van der Waals surface area (Å²) in [5.74, 6) is 0.334. The minimum absolute atomic E-state index is 0.127. The van der Waals surface area contributed by atoms with Crippen molar-refractivity contribution in [2.24, 2.45) is 11.7 Å². The predicted octanol–water partition coefficient (Wildman–Crippen LogP) is 2.07. The summed E-state index contributed by atoms with van der Waals surface area (Å²) in [7, 11) is 0. The van der Waals surface area contributed by atoms with Crippen LogP contribution in [0.5, 0.6) is 5.75 Å². The van der Waals surface area contributed by atoms with E-state index in [1.54, 1.807) is 12.1 Å². The van der Waals surface area contributed by atoms with Crippen molar-refractivity contribution in [1.82, 2.24) is 4.90 Å². The molecule has 3 rings (SSSR count). The lowest BCUT2D eigenvalue weighted by Gasteiger charge is -2.24. The van der Waals surface area contributed by atoms with E-state index in [-0.39, 0.29) is 11.9 Å². The molecule has 1 aromatic carbocycles. The highest BCUT2D eigenvalue weighted by Gasteiger charge is 2.35.